The van der Waals surface area contributed by atoms with E-state index in [0.717, 1.165) is 22.5 Å². The summed E-state index contributed by atoms with van der Waals surface area (Å²) in [5, 5.41) is 5.53. The molecule has 0 fully saturated rings. The molecule has 8 heteroatoms. The maximum atomic E-state index is 13.4. The van der Waals surface area contributed by atoms with Gasteiger partial charge in [0.1, 0.15) is 12.4 Å². The van der Waals surface area contributed by atoms with Gasteiger partial charge in [0.2, 0.25) is 5.91 Å². The molecule has 112 valence electrons. The highest BCUT2D eigenvalue weighted by atomic mass is 19.4. The lowest BCUT2D eigenvalue weighted by molar-refractivity contribution is -0.141. The van der Waals surface area contributed by atoms with Crippen LogP contribution in [0.15, 0.2) is 30.5 Å². The van der Waals surface area contributed by atoms with Gasteiger partial charge in [-0.25, -0.2) is 4.39 Å². The fourth-order valence-corrected chi connectivity index (χ4v) is 1.67. The number of aryl methyl sites for hydroxylation is 1. The number of benzene rings is 1. The van der Waals surface area contributed by atoms with E-state index in [9.17, 15) is 22.4 Å². The number of aromatic nitrogens is 2. The molecular formula is C13H11F4N3O. The summed E-state index contributed by atoms with van der Waals surface area (Å²) in [6.45, 7) is 1.28. The van der Waals surface area contributed by atoms with Gasteiger partial charge in [-0.05, 0) is 30.7 Å². The number of alkyl halides is 3. The van der Waals surface area contributed by atoms with Crippen LogP contribution in [0.5, 0.6) is 0 Å². The highest BCUT2D eigenvalue weighted by Crippen LogP contribution is 2.27. The van der Waals surface area contributed by atoms with Crippen molar-refractivity contribution in [3.8, 4) is 0 Å². The summed E-state index contributed by atoms with van der Waals surface area (Å²) in [5.41, 5.74) is -0.370. The summed E-state index contributed by atoms with van der Waals surface area (Å²) >= 11 is 0. The molecule has 0 spiro atoms. The number of rotatable bonds is 3. The molecule has 0 aliphatic rings. The van der Waals surface area contributed by atoms with Crippen LogP contribution in [0.3, 0.4) is 0 Å². The van der Waals surface area contributed by atoms with E-state index < -0.39 is 30.1 Å². The zero-order chi connectivity index (χ0) is 15.6. The Hall–Kier alpha value is -2.38. The molecule has 0 aliphatic carbocycles. The fraction of sp³-hybridized carbons (Fsp3) is 0.231. The van der Waals surface area contributed by atoms with Crippen molar-refractivity contribution >= 4 is 11.6 Å². The van der Waals surface area contributed by atoms with Crippen LogP contribution in [0, 0.1) is 12.7 Å². The van der Waals surface area contributed by atoms with Crippen molar-refractivity contribution in [3.05, 3.63) is 47.5 Å². The number of carbonyl (C=O) groups excluding carboxylic acids is 1. The quantitative estimate of drug-likeness (QED) is 0.886. The second kappa shape index (κ2) is 5.55. The Balaban J connectivity index is 2.05. The number of hydrogen-bond acceptors (Lipinski definition) is 2. The van der Waals surface area contributed by atoms with Gasteiger partial charge >= 0.3 is 6.18 Å². The van der Waals surface area contributed by atoms with E-state index in [1.807, 2.05) is 0 Å². The van der Waals surface area contributed by atoms with Crippen LogP contribution in [0.2, 0.25) is 0 Å². The number of halogens is 4. The largest absolute Gasteiger partial charge is 0.435 e. The van der Waals surface area contributed by atoms with Crippen LogP contribution in [0.1, 0.15) is 11.3 Å². The molecule has 0 aliphatic heterocycles. The lowest BCUT2D eigenvalue weighted by atomic mass is 10.2. The smallest absolute Gasteiger partial charge is 0.322 e. The lowest BCUT2D eigenvalue weighted by Gasteiger charge is -2.07. The Morgan fingerprint density at radius 2 is 2.05 bits per heavy atom. The van der Waals surface area contributed by atoms with Crippen molar-refractivity contribution in [2.24, 2.45) is 0 Å². The van der Waals surface area contributed by atoms with E-state index in [2.05, 4.69) is 10.4 Å². The molecule has 4 nitrogen and oxygen atoms in total. The van der Waals surface area contributed by atoms with Gasteiger partial charge in [-0.2, -0.15) is 18.3 Å². The SMILES string of the molecule is Cc1ccc(F)c(NC(=O)Cn2ccc(C(F)(F)F)n2)c1. The number of nitrogens with one attached hydrogen (secondary N) is 1. The predicted octanol–water partition coefficient (Wildman–Crippen LogP) is 2.99. The zero-order valence-corrected chi connectivity index (χ0v) is 10.9. The lowest BCUT2D eigenvalue weighted by Crippen LogP contribution is -2.20. The molecule has 2 aromatic rings. The van der Waals surface area contributed by atoms with E-state index in [1.165, 1.54) is 18.2 Å². The molecule has 0 saturated heterocycles. The average molecular weight is 301 g/mol. The molecule has 0 radical (unpaired) electrons. The average Bonchev–Trinajstić information content (AvgIpc) is 2.82. The Bertz CT molecular complexity index is 664. The minimum atomic E-state index is -4.57. The van der Waals surface area contributed by atoms with Crippen LogP contribution in [0.25, 0.3) is 0 Å². The second-order valence-electron chi connectivity index (χ2n) is 4.43. The first kappa shape index (κ1) is 15.0. The van der Waals surface area contributed by atoms with Crippen molar-refractivity contribution in [1.82, 2.24) is 9.78 Å². The van der Waals surface area contributed by atoms with Crippen molar-refractivity contribution in [2.45, 2.75) is 19.6 Å². The van der Waals surface area contributed by atoms with Gasteiger partial charge in [-0.3, -0.25) is 9.48 Å². The van der Waals surface area contributed by atoms with Crippen LogP contribution in [-0.2, 0) is 17.5 Å². The summed E-state index contributed by atoms with van der Waals surface area (Å²) in [6, 6.07) is 4.92. The molecule has 0 saturated carbocycles. The predicted molar refractivity (Wildman–Crippen MR) is 67.0 cm³/mol. The Morgan fingerprint density at radius 3 is 2.67 bits per heavy atom. The first-order valence-electron chi connectivity index (χ1n) is 5.92. The summed E-state index contributed by atoms with van der Waals surface area (Å²) in [6.07, 6.45) is -3.53. The molecule has 1 amide bonds. The van der Waals surface area contributed by atoms with Gasteiger partial charge in [0.05, 0.1) is 5.69 Å². The van der Waals surface area contributed by atoms with E-state index in [1.54, 1.807) is 6.92 Å². The number of hydrogen-bond donors (Lipinski definition) is 1. The third-order valence-electron chi connectivity index (χ3n) is 2.63. The van der Waals surface area contributed by atoms with Gasteiger partial charge in [0, 0.05) is 6.20 Å². The standard InChI is InChI=1S/C13H11F4N3O/c1-8-2-3-9(14)10(6-8)18-12(21)7-20-5-4-11(19-20)13(15,16)17/h2-6H,7H2,1H3,(H,18,21). The van der Waals surface area contributed by atoms with Crippen LogP contribution < -0.4 is 5.32 Å². The third kappa shape index (κ3) is 3.80. The van der Waals surface area contributed by atoms with Crippen molar-refractivity contribution < 1.29 is 22.4 Å². The Labute approximate surface area is 117 Å². The normalized spacial score (nSPS) is 11.5. The van der Waals surface area contributed by atoms with Crippen molar-refractivity contribution in [2.75, 3.05) is 5.32 Å². The summed E-state index contributed by atoms with van der Waals surface area (Å²) in [4.78, 5) is 11.7. The van der Waals surface area contributed by atoms with Crippen LogP contribution >= 0.6 is 0 Å². The molecule has 1 aromatic carbocycles. The highest BCUT2D eigenvalue weighted by molar-refractivity contribution is 5.90. The first-order chi connectivity index (χ1) is 9.75. The minimum absolute atomic E-state index is 0.0248. The summed E-state index contributed by atoms with van der Waals surface area (Å²) < 4.78 is 51.4. The molecule has 1 aromatic heterocycles. The zero-order valence-electron chi connectivity index (χ0n) is 10.9. The Morgan fingerprint density at radius 1 is 1.33 bits per heavy atom. The first-order valence-corrected chi connectivity index (χ1v) is 5.92. The van der Waals surface area contributed by atoms with Gasteiger partial charge < -0.3 is 5.32 Å². The molecular weight excluding hydrogens is 290 g/mol. The molecule has 1 N–H and O–H groups in total. The van der Waals surface area contributed by atoms with Gasteiger partial charge in [-0.1, -0.05) is 6.07 Å². The molecule has 2 rings (SSSR count). The monoisotopic (exact) mass is 301 g/mol. The number of amides is 1. The molecule has 1 heterocycles. The van der Waals surface area contributed by atoms with Crippen LogP contribution in [0.4, 0.5) is 23.2 Å². The highest BCUT2D eigenvalue weighted by Gasteiger charge is 2.33. The molecule has 0 unspecified atom stereocenters. The maximum absolute atomic E-state index is 13.4. The third-order valence-corrected chi connectivity index (χ3v) is 2.63. The second-order valence-corrected chi connectivity index (χ2v) is 4.43. The summed E-state index contributed by atoms with van der Waals surface area (Å²) in [7, 11) is 0. The maximum Gasteiger partial charge on any atom is 0.435 e. The summed E-state index contributed by atoms with van der Waals surface area (Å²) in [5.74, 6) is -1.29. The number of carbonyl (C=O) groups is 1. The van der Waals surface area contributed by atoms with Crippen LogP contribution in [-0.4, -0.2) is 15.7 Å². The molecule has 0 bridgehead atoms. The van der Waals surface area contributed by atoms with Gasteiger partial charge in [0.15, 0.2) is 5.69 Å². The van der Waals surface area contributed by atoms with E-state index in [0.29, 0.717) is 0 Å². The molecule has 0 atom stereocenters. The topological polar surface area (TPSA) is 46.9 Å². The number of nitrogens with zero attached hydrogens (tertiary/aromatic N) is 2. The fourth-order valence-electron chi connectivity index (χ4n) is 1.67. The van der Waals surface area contributed by atoms with Crippen molar-refractivity contribution in [3.63, 3.8) is 0 Å². The van der Waals surface area contributed by atoms with E-state index in [-0.39, 0.29) is 5.69 Å². The minimum Gasteiger partial charge on any atom is -0.322 e. The Kier molecular flexibility index (Phi) is 3.97. The van der Waals surface area contributed by atoms with Gasteiger partial charge in [-0.15, -0.1) is 0 Å². The van der Waals surface area contributed by atoms with Gasteiger partial charge in [0.25, 0.3) is 0 Å². The van der Waals surface area contributed by atoms with E-state index >= 15 is 0 Å². The van der Waals surface area contributed by atoms with E-state index in [4.69, 9.17) is 0 Å². The number of anilines is 1. The van der Waals surface area contributed by atoms with Crippen molar-refractivity contribution in [1.29, 1.82) is 0 Å². The molecule has 21 heavy (non-hydrogen) atoms.